The van der Waals surface area contributed by atoms with Crippen LogP contribution < -0.4 is 0 Å². The molecule has 0 aliphatic carbocycles. The summed E-state index contributed by atoms with van der Waals surface area (Å²) in [5.74, 6) is 0.116. The van der Waals surface area contributed by atoms with Gasteiger partial charge in [-0.05, 0) is 17.7 Å². The van der Waals surface area contributed by atoms with Gasteiger partial charge in [-0.25, -0.2) is 4.79 Å². The van der Waals surface area contributed by atoms with Gasteiger partial charge in [0.25, 0.3) is 5.22 Å². The van der Waals surface area contributed by atoms with Crippen molar-refractivity contribution >= 4 is 46.6 Å². The quantitative estimate of drug-likeness (QED) is 0.219. The zero-order valence-electron chi connectivity index (χ0n) is 15.4. The first-order valence-corrected chi connectivity index (χ1v) is 9.97. The maximum Gasteiger partial charge on any atom is 0.360 e. The number of nitrogens with zero attached hydrogens (tertiary/aromatic N) is 3. The van der Waals surface area contributed by atoms with Crippen LogP contribution in [0.25, 0.3) is 11.5 Å². The molecule has 7 nitrogen and oxygen atoms in total. The molecule has 0 N–H and O–H groups in total. The summed E-state index contributed by atoms with van der Waals surface area (Å²) in [6, 6.07) is 12.4. The van der Waals surface area contributed by atoms with Crippen LogP contribution >= 0.6 is 35.0 Å². The third-order valence-corrected chi connectivity index (χ3v) is 5.46. The molecule has 1 heterocycles. The SMILES string of the molecule is CO/N=C(/C(=O)OC)c1ccccc1CSc1nnc(-c2cccc(Cl)c2Cl)o1. The Morgan fingerprint density at radius 1 is 1.14 bits per heavy atom. The lowest BCUT2D eigenvalue weighted by Crippen LogP contribution is -2.19. The molecule has 0 aliphatic rings. The van der Waals surface area contributed by atoms with Gasteiger partial charge >= 0.3 is 5.97 Å². The number of hydrogen-bond acceptors (Lipinski definition) is 8. The standard InChI is InChI=1S/C19H15Cl2N3O4S/c1-26-18(25)16(24-27-2)12-7-4-3-6-11(12)10-29-19-23-22-17(28-19)13-8-5-9-14(20)15(13)21/h3-9H,10H2,1-2H3/b24-16+. The van der Waals surface area contributed by atoms with Crippen molar-refractivity contribution in [1.29, 1.82) is 0 Å². The van der Waals surface area contributed by atoms with Crippen molar-refractivity contribution in [3.05, 3.63) is 63.6 Å². The number of hydrogen-bond donors (Lipinski definition) is 0. The zero-order chi connectivity index (χ0) is 20.8. The van der Waals surface area contributed by atoms with Gasteiger partial charge in [0, 0.05) is 11.3 Å². The number of rotatable bonds is 7. The number of oxime groups is 1. The molecule has 0 saturated carbocycles. The molecule has 1 aromatic heterocycles. The number of aromatic nitrogens is 2. The Kier molecular flexibility index (Phi) is 7.13. The smallest absolute Gasteiger partial charge is 0.360 e. The number of halogens is 2. The van der Waals surface area contributed by atoms with Crippen molar-refractivity contribution in [2.45, 2.75) is 11.0 Å². The molecule has 2 aromatic carbocycles. The van der Waals surface area contributed by atoms with E-state index in [4.69, 9.17) is 37.2 Å². The molecule has 150 valence electrons. The molecule has 0 atom stereocenters. The summed E-state index contributed by atoms with van der Waals surface area (Å²) in [6.07, 6.45) is 0. The van der Waals surface area contributed by atoms with Crippen LogP contribution in [0.4, 0.5) is 0 Å². The molecule has 0 bridgehead atoms. The minimum Gasteiger partial charge on any atom is -0.464 e. The van der Waals surface area contributed by atoms with E-state index in [1.807, 2.05) is 12.1 Å². The minimum absolute atomic E-state index is 0.0723. The Balaban J connectivity index is 1.81. The third kappa shape index (κ3) is 4.90. The molecule has 0 amide bonds. The fourth-order valence-electron chi connectivity index (χ4n) is 2.45. The fourth-order valence-corrected chi connectivity index (χ4v) is 3.60. The van der Waals surface area contributed by atoms with Crippen molar-refractivity contribution in [3.8, 4) is 11.5 Å². The van der Waals surface area contributed by atoms with E-state index in [0.29, 0.717) is 32.1 Å². The van der Waals surface area contributed by atoms with Crippen LogP contribution in [0.3, 0.4) is 0 Å². The van der Waals surface area contributed by atoms with E-state index in [9.17, 15) is 4.79 Å². The van der Waals surface area contributed by atoms with Crippen LogP contribution in [0.2, 0.25) is 10.0 Å². The van der Waals surface area contributed by atoms with Gasteiger partial charge in [0.05, 0.1) is 22.7 Å². The van der Waals surface area contributed by atoms with E-state index in [1.165, 1.54) is 26.0 Å². The Bertz CT molecular complexity index is 1060. The van der Waals surface area contributed by atoms with E-state index in [-0.39, 0.29) is 11.6 Å². The van der Waals surface area contributed by atoms with E-state index >= 15 is 0 Å². The van der Waals surface area contributed by atoms with Crippen molar-refractivity contribution in [3.63, 3.8) is 0 Å². The van der Waals surface area contributed by atoms with Crippen LogP contribution in [0.5, 0.6) is 0 Å². The molecule has 0 radical (unpaired) electrons. The Morgan fingerprint density at radius 2 is 1.93 bits per heavy atom. The van der Waals surface area contributed by atoms with Gasteiger partial charge in [-0.3, -0.25) is 0 Å². The molecular formula is C19H15Cl2N3O4S. The van der Waals surface area contributed by atoms with Crippen LogP contribution in [-0.2, 0) is 20.1 Å². The average Bonchev–Trinajstić information content (AvgIpc) is 3.21. The number of carbonyl (C=O) groups is 1. The summed E-state index contributed by atoms with van der Waals surface area (Å²) in [5, 5.41) is 13.0. The van der Waals surface area contributed by atoms with Crippen LogP contribution in [0.15, 0.2) is 57.3 Å². The highest BCUT2D eigenvalue weighted by atomic mass is 35.5. The fraction of sp³-hybridized carbons (Fsp3) is 0.158. The lowest BCUT2D eigenvalue weighted by atomic mass is 10.0. The zero-order valence-corrected chi connectivity index (χ0v) is 17.7. The maximum atomic E-state index is 12.0. The van der Waals surface area contributed by atoms with Gasteiger partial charge in [0.1, 0.15) is 7.11 Å². The first-order valence-electron chi connectivity index (χ1n) is 8.23. The second-order valence-electron chi connectivity index (χ2n) is 5.53. The Labute approximate surface area is 181 Å². The Morgan fingerprint density at radius 3 is 2.69 bits per heavy atom. The number of thioether (sulfide) groups is 1. The van der Waals surface area contributed by atoms with Crippen LogP contribution in [0.1, 0.15) is 11.1 Å². The van der Waals surface area contributed by atoms with Gasteiger partial charge in [0.2, 0.25) is 5.89 Å². The summed E-state index contributed by atoms with van der Waals surface area (Å²) in [4.78, 5) is 16.8. The molecule has 10 heteroatoms. The van der Waals surface area contributed by atoms with Gasteiger partial charge in [-0.2, -0.15) is 0 Å². The lowest BCUT2D eigenvalue weighted by Gasteiger charge is -2.09. The topological polar surface area (TPSA) is 86.8 Å². The van der Waals surface area contributed by atoms with Crippen LogP contribution in [0, 0.1) is 0 Å². The summed E-state index contributed by atoms with van der Waals surface area (Å²) >= 11 is 13.5. The Hall–Kier alpha value is -2.55. The molecule has 3 rings (SSSR count). The van der Waals surface area contributed by atoms with Gasteiger partial charge in [-0.1, -0.05) is 70.5 Å². The normalized spacial score (nSPS) is 11.4. The van der Waals surface area contributed by atoms with E-state index in [1.54, 1.807) is 30.3 Å². The molecular weight excluding hydrogens is 437 g/mol. The van der Waals surface area contributed by atoms with Crippen molar-refractivity contribution < 1.29 is 18.8 Å². The number of benzene rings is 2. The average molecular weight is 452 g/mol. The molecule has 3 aromatic rings. The first-order chi connectivity index (χ1) is 14.0. The van der Waals surface area contributed by atoms with Crippen molar-refractivity contribution in [2.24, 2.45) is 5.16 Å². The second-order valence-corrected chi connectivity index (χ2v) is 7.25. The van der Waals surface area contributed by atoms with E-state index in [0.717, 1.165) is 5.56 Å². The molecule has 0 spiro atoms. The van der Waals surface area contributed by atoms with Gasteiger partial charge in [-0.15, -0.1) is 10.2 Å². The largest absolute Gasteiger partial charge is 0.464 e. The molecule has 0 fully saturated rings. The maximum absolute atomic E-state index is 12.0. The highest BCUT2D eigenvalue weighted by molar-refractivity contribution is 7.98. The monoisotopic (exact) mass is 451 g/mol. The van der Waals surface area contributed by atoms with Gasteiger partial charge in [0.15, 0.2) is 5.71 Å². The van der Waals surface area contributed by atoms with E-state index in [2.05, 4.69) is 15.4 Å². The summed E-state index contributed by atoms with van der Waals surface area (Å²) in [7, 11) is 2.65. The highest BCUT2D eigenvalue weighted by Crippen LogP contribution is 2.34. The minimum atomic E-state index is -0.597. The van der Waals surface area contributed by atoms with Crippen molar-refractivity contribution in [2.75, 3.05) is 14.2 Å². The molecule has 0 aliphatic heterocycles. The predicted molar refractivity (Wildman–Crippen MR) is 111 cm³/mol. The first kappa shape index (κ1) is 21.2. The lowest BCUT2D eigenvalue weighted by molar-refractivity contribution is -0.132. The second kappa shape index (κ2) is 9.78. The van der Waals surface area contributed by atoms with E-state index < -0.39 is 5.97 Å². The third-order valence-electron chi connectivity index (χ3n) is 3.77. The van der Waals surface area contributed by atoms with Crippen LogP contribution in [-0.4, -0.2) is 36.1 Å². The summed E-state index contributed by atoms with van der Waals surface area (Å²) in [6.45, 7) is 0. The number of esters is 1. The molecule has 29 heavy (non-hydrogen) atoms. The number of carbonyl (C=O) groups excluding carboxylic acids is 1. The molecule has 0 unspecified atom stereocenters. The summed E-state index contributed by atoms with van der Waals surface area (Å²) < 4.78 is 10.5. The number of methoxy groups -OCH3 is 1. The highest BCUT2D eigenvalue weighted by Gasteiger charge is 2.20. The predicted octanol–water partition coefficient (Wildman–Crippen LogP) is 4.86. The molecule has 0 saturated heterocycles. The van der Waals surface area contributed by atoms with Gasteiger partial charge < -0.3 is 14.0 Å². The van der Waals surface area contributed by atoms with Crippen molar-refractivity contribution in [1.82, 2.24) is 10.2 Å². The number of ether oxygens (including phenoxy) is 1. The summed E-state index contributed by atoms with van der Waals surface area (Å²) in [5.41, 5.74) is 2.04.